The SMILES string of the molecule is Cc1nc(C(=O)N(C)C)ccc1C(=O)Nc1cc(Cl)ccc1N1CCOCC1. The first kappa shape index (κ1) is 20.1. The van der Waals surface area contributed by atoms with Gasteiger partial charge in [0.1, 0.15) is 5.69 Å². The van der Waals surface area contributed by atoms with Gasteiger partial charge >= 0.3 is 0 Å². The van der Waals surface area contributed by atoms with Crippen molar-refractivity contribution < 1.29 is 14.3 Å². The molecule has 28 heavy (non-hydrogen) atoms. The quantitative estimate of drug-likeness (QED) is 0.851. The number of rotatable bonds is 4. The maximum absolute atomic E-state index is 12.9. The van der Waals surface area contributed by atoms with Crippen LogP contribution in [0.5, 0.6) is 0 Å². The summed E-state index contributed by atoms with van der Waals surface area (Å²) in [4.78, 5) is 32.8. The molecule has 0 unspecified atom stereocenters. The fraction of sp³-hybridized carbons (Fsp3) is 0.350. The van der Waals surface area contributed by atoms with Crippen molar-refractivity contribution in [1.29, 1.82) is 0 Å². The van der Waals surface area contributed by atoms with Crippen LogP contribution in [-0.2, 0) is 4.74 Å². The minimum absolute atomic E-state index is 0.209. The Morgan fingerprint density at radius 3 is 2.54 bits per heavy atom. The van der Waals surface area contributed by atoms with Gasteiger partial charge in [0.15, 0.2) is 0 Å². The molecule has 2 aromatic rings. The highest BCUT2D eigenvalue weighted by Gasteiger charge is 2.19. The third-order valence-electron chi connectivity index (χ3n) is 4.51. The van der Waals surface area contributed by atoms with E-state index in [4.69, 9.17) is 16.3 Å². The van der Waals surface area contributed by atoms with E-state index in [0.29, 0.717) is 40.9 Å². The molecule has 2 amide bonds. The number of pyridine rings is 1. The summed E-state index contributed by atoms with van der Waals surface area (Å²) in [6, 6.07) is 8.61. The Morgan fingerprint density at radius 1 is 1.18 bits per heavy atom. The van der Waals surface area contributed by atoms with Gasteiger partial charge in [-0.15, -0.1) is 0 Å². The summed E-state index contributed by atoms with van der Waals surface area (Å²) >= 11 is 6.15. The van der Waals surface area contributed by atoms with Crippen LogP contribution in [0.3, 0.4) is 0 Å². The Bertz CT molecular complexity index is 895. The summed E-state index contributed by atoms with van der Waals surface area (Å²) in [5.74, 6) is -0.509. The number of hydrogen-bond acceptors (Lipinski definition) is 5. The van der Waals surface area contributed by atoms with E-state index in [1.54, 1.807) is 45.3 Å². The molecule has 0 spiro atoms. The Kier molecular flexibility index (Phi) is 6.16. The van der Waals surface area contributed by atoms with E-state index in [0.717, 1.165) is 18.8 Å². The van der Waals surface area contributed by atoms with E-state index in [1.807, 2.05) is 6.07 Å². The Morgan fingerprint density at radius 2 is 1.89 bits per heavy atom. The van der Waals surface area contributed by atoms with Crippen molar-refractivity contribution in [2.24, 2.45) is 0 Å². The number of ether oxygens (including phenoxy) is 1. The lowest BCUT2D eigenvalue weighted by molar-refractivity contribution is 0.0821. The first-order chi connectivity index (χ1) is 13.4. The fourth-order valence-electron chi connectivity index (χ4n) is 3.03. The zero-order valence-electron chi connectivity index (χ0n) is 16.2. The lowest BCUT2D eigenvalue weighted by atomic mass is 10.1. The van der Waals surface area contributed by atoms with Gasteiger partial charge in [0.25, 0.3) is 11.8 Å². The molecule has 0 atom stereocenters. The second-order valence-electron chi connectivity index (χ2n) is 6.74. The second kappa shape index (κ2) is 8.58. The molecule has 0 radical (unpaired) electrons. The monoisotopic (exact) mass is 402 g/mol. The van der Waals surface area contributed by atoms with Gasteiger partial charge in [-0.25, -0.2) is 4.98 Å². The average molecular weight is 403 g/mol. The molecule has 1 aliphatic rings. The van der Waals surface area contributed by atoms with Crippen LogP contribution in [-0.4, -0.2) is 62.1 Å². The molecule has 8 heteroatoms. The van der Waals surface area contributed by atoms with E-state index in [2.05, 4.69) is 15.2 Å². The van der Waals surface area contributed by atoms with Crippen LogP contribution in [0.1, 0.15) is 26.5 Å². The largest absolute Gasteiger partial charge is 0.378 e. The summed E-state index contributed by atoms with van der Waals surface area (Å²) in [5, 5.41) is 3.47. The minimum atomic E-state index is -0.300. The standard InChI is InChI=1S/C20H23ClN4O3/c1-13-15(5-6-16(22-13)20(27)24(2)3)19(26)23-17-12-14(21)4-7-18(17)25-8-10-28-11-9-25/h4-7,12H,8-11H2,1-3H3,(H,23,26). The Labute approximate surface area is 169 Å². The number of benzene rings is 1. The van der Waals surface area contributed by atoms with Gasteiger partial charge in [0, 0.05) is 32.2 Å². The number of nitrogens with zero attached hydrogens (tertiary/aromatic N) is 3. The van der Waals surface area contributed by atoms with Crippen LogP contribution in [0.25, 0.3) is 0 Å². The average Bonchev–Trinajstić information content (AvgIpc) is 2.68. The number of amides is 2. The number of carbonyl (C=O) groups excluding carboxylic acids is 2. The van der Waals surface area contributed by atoms with Crippen molar-refractivity contribution in [1.82, 2.24) is 9.88 Å². The van der Waals surface area contributed by atoms with E-state index in [9.17, 15) is 9.59 Å². The molecule has 3 rings (SSSR count). The molecule has 2 heterocycles. The smallest absolute Gasteiger partial charge is 0.271 e. The Hall–Kier alpha value is -2.64. The van der Waals surface area contributed by atoms with Crippen LogP contribution in [0.4, 0.5) is 11.4 Å². The molecule has 1 aliphatic heterocycles. The molecular weight excluding hydrogens is 380 g/mol. The zero-order valence-corrected chi connectivity index (χ0v) is 16.9. The molecule has 7 nitrogen and oxygen atoms in total. The first-order valence-electron chi connectivity index (χ1n) is 8.99. The lowest BCUT2D eigenvalue weighted by Gasteiger charge is -2.30. The number of morpholine rings is 1. The summed E-state index contributed by atoms with van der Waals surface area (Å²) < 4.78 is 5.40. The molecule has 0 aliphatic carbocycles. The molecular formula is C20H23ClN4O3. The van der Waals surface area contributed by atoms with Crippen molar-refractivity contribution in [3.8, 4) is 0 Å². The molecule has 0 saturated carbocycles. The summed E-state index contributed by atoms with van der Waals surface area (Å²) in [6.07, 6.45) is 0. The number of aryl methyl sites for hydroxylation is 1. The van der Waals surface area contributed by atoms with Crippen LogP contribution in [0.2, 0.25) is 5.02 Å². The van der Waals surface area contributed by atoms with Gasteiger partial charge in [-0.3, -0.25) is 9.59 Å². The topological polar surface area (TPSA) is 74.8 Å². The summed E-state index contributed by atoms with van der Waals surface area (Å²) in [6.45, 7) is 4.47. The third-order valence-corrected chi connectivity index (χ3v) is 4.75. The Balaban J connectivity index is 1.85. The number of carbonyl (C=O) groups is 2. The van der Waals surface area contributed by atoms with Gasteiger partial charge in [-0.1, -0.05) is 11.6 Å². The second-order valence-corrected chi connectivity index (χ2v) is 7.18. The van der Waals surface area contributed by atoms with Gasteiger partial charge in [0.05, 0.1) is 35.8 Å². The van der Waals surface area contributed by atoms with Crippen molar-refractivity contribution in [2.45, 2.75) is 6.92 Å². The number of halogens is 1. The normalized spacial score (nSPS) is 13.9. The number of nitrogens with one attached hydrogen (secondary N) is 1. The van der Waals surface area contributed by atoms with Crippen LogP contribution in [0, 0.1) is 6.92 Å². The number of aromatic nitrogens is 1. The van der Waals surface area contributed by atoms with Crippen LogP contribution in [0.15, 0.2) is 30.3 Å². The molecule has 1 N–H and O–H groups in total. The van der Waals surface area contributed by atoms with Gasteiger partial charge in [0.2, 0.25) is 0 Å². The third kappa shape index (κ3) is 4.43. The number of hydrogen-bond donors (Lipinski definition) is 1. The van der Waals surface area contributed by atoms with E-state index >= 15 is 0 Å². The highest BCUT2D eigenvalue weighted by molar-refractivity contribution is 6.31. The molecule has 0 bridgehead atoms. The van der Waals surface area contributed by atoms with Gasteiger partial charge in [-0.2, -0.15) is 0 Å². The fourth-order valence-corrected chi connectivity index (χ4v) is 3.20. The maximum Gasteiger partial charge on any atom is 0.271 e. The van der Waals surface area contributed by atoms with Crippen LogP contribution < -0.4 is 10.2 Å². The first-order valence-corrected chi connectivity index (χ1v) is 9.37. The summed E-state index contributed by atoms with van der Waals surface area (Å²) in [7, 11) is 3.32. The van der Waals surface area contributed by atoms with Gasteiger partial charge in [-0.05, 0) is 37.3 Å². The summed E-state index contributed by atoms with van der Waals surface area (Å²) in [5.41, 5.74) is 2.72. The van der Waals surface area contributed by atoms with Gasteiger partial charge < -0.3 is 19.9 Å². The van der Waals surface area contributed by atoms with Crippen molar-refractivity contribution in [3.63, 3.8) is 0 Å². The molecule has 1 fully saturated rings. The predicted molar refractivity (Wildman–Crippen MR) is 109 cm³/mol. The highest BCUT2D eigenvalue weighted by atomic mass is 35.5. The van der Waals surface area contributed by atoms with E-state index < -0.39 is 0 Å². The molecule has 1 aromatic carbocycles. The lowest BCUT2D eigenvalue weighted by Crippen LogP contribution is -2.36. The minimum Gasteiger partial charge on any atom is -0.378 e. The highest BCUT2D eigenvalue weighted by Crippen LogP contribution is 2.30. The van der Waals surface area contributed by atoms with E-state index in [-0.39, 0.29) is 11.8 Å². The van der Waals surface area contributed by atoms with Crippen molar-refractivity contribution in [2.75, 3.05) is 50.6 Å². The molecule has 148 valence electrons. The number of anilines is 2. The predicted octanol–water partition coefficient (Wildman–Crippen LogP) is 2.83. The van der Waals surface area contributed by atoms with Crippen molar-refractivity contribution >= 4 is 34.8 Å². The molecule has 1 aromatic heterocycles. The zero-order chi connectivity index (χ0) is 20.3. The molecule has 1 saturated heterocycles. The van der Waals surface area contributed by atoms with Crippen molar-refractivity contribution in [3.05, 3.63) is 52.3 Å². The van der Waals surface area contributed by atoms with E-state index in [1.165, 1.54) is 4.90 Å². The van der Waals surface area contributed by atoms with Crippen LogP contribution >= 0.6 is 11.6 Å². The maximum atomic E-state index is 12.9.